The third-order valence-corrected chi connectivity index (χ3v) is 3.75. The SMILES string of the molecule is Cc1[nH]c2ccccc2c1CCNCc1ccccc1. The molecule has 1 aromatic heterocycles. The summed E-state index contributed by atoms with van der Waals surface area (Å²) >= 11 is 0. The Bertz CT molecular complexity index is 683. The van der Waals surface area contributed by atoms with Crippen LogP contribution in [0.15, 0.2) is 54.6 Å². The van der Waals surface area contributed by atoms with Gasteiger partial charge in [0.2, 0.25) is 0 Å². The van der Waals surface area contributed by atoms with Crippen LogP contribution in [0.25, 0.3) is 10.9 Å². The van der Waals surface area contributed by atoms with Gasteiger partial charge in [-0.15, -0.1) is 0 Å². The van der Waals surface area contributed by atoms with Crippen molar-refractivity contribution in [3.05, 3.63) is 71.4 Å². The first-order chi connectivity index (χ1) is 9.84. The number of fused-ring (bicyclic) bond motifs is 1. The van der Waals surface area contributed by atoms with E-state index in [0.29, 0.717) is 0 Å². The van der Waals surface area contributed by atoms with Crippen LogP contribution < -0.4 is 5.32 Å². The zero-order valence-corrected chi connectivity index (χ0v) is 11.8. The zero-order valence-electron chi connectivity index (χ0n) is 11.8. The number of hydrogen-bond acceptors (Lipinski definition) is 1. The second-order valence-corrected chi connectivity index (χ2v) is 5.19. The van der Waals surface area contributed by atoms with Crippen molar-refractivity contribution in [3.63, 3.8) is 0 Å². The van der Waals surface area contributed by atoms with Crippen LogP contribution in [-0.2, 0) is 13.0 Å². The first-order valence-corrected chi connectivity index (χ1v) is 7.15. The number of nitrogens with one attached hydrogen (secondary N) is 2. The van der Waals surface area contributed by atoms with Crippen molar-refractivity contribution in [2.45, 2.75) is 19.9 Å². The van der Waals surface area contributed by atoms with E-state index in [1.807, 2.05) is 0 Å². The molecule has 0 unspecified atom stereocenters. The predicted molar refractivity (Wildman–Crippen MR) is 84.9 cm³/mol. The summed E-state index contributed by atoms with van der Waals surface area (Å²) in [4.78, 5) is 3.46. The largest absolute Gasteiger partial charge is 0.358 e. The molecule has 2 heteroatoms. The fraction of sp³-hybridized carbons (Fsp3) is 0.222. The lowest BCUT2D eigenvalue weighted by atomic mass is 10.1. The van der Waals surface area contributed by atoms with E-state index in [1.54, 1.807) is 0 Å². The Morgan fingerprint density at radius 1 is 0.950 bits per heavy atom. The lowest BCUT2D eigenvalue weighted by molar-refractivity contribution is 0.687. The third kappa shape index (κ3) is 2.75. The van der Waals surface area contributed by atoms with Crippen molar-refractivity contribution in [2.75, 3.05) is 6.54 Å². The van der Waals surface area contributed by atoms with E-state index >= 15 is 0 Å². The van der Waals surface area contributed by atoms with Gasteiger partial charge >= 0.3 is 0 Å². The monoisotopic (exact) mass is 264 g/mol. The van der Waals surface area contributed by atoms with E-state index in [0.717, 1.165) is 19.5 Å². The summed E-state index contributed by atoms with van der Waals surface area (Å²) in [7, 11) is 0. The highest BCUT2D eigenvalue weighted by Gasteiger charge is 2.06. The molecule has 0 radical (unpaired) electrons. The van der Waals surface area contributed by atoms with Crippen LogP contribution in [0.2, 0.25) is 0 Å². The highest BCUT2D eigenvalue weighted by atomic mass is 14.8. The summed E-state index contributed by atoms with van der Waals surface area (Å²) in [5, 5.41) is 4.87. The highest BCUT2D eigenvalue weighted by molar-refractivity contribution is 5.84. The smallest absolute Gasteiger partial charge is 0.0458 e. The van der Waals surface area contributed by atoms with Crippen molar-refractivity contribution in [2.24, 2.45) is 0 Å². The fourth-order valence-electron chi connectivity index (χ4n) is 2.70. The lowest BCUT2D eigenvalue weighted by Gasteiger charge is -2.05. The minimum Gasteiger partial charge on any atom is -0.358 e. The molecular weight excluding hydrogens is 244 g/mol. The molecule has 2 aromatic carbocycles. The number of aromatic amines is 1. The first kappa shape index (κ1) is 12.9. The quantitative estimate of drug-likeness (QED) is 0.674. The molecule has 0 amide bonds. The van der Waals surface area contributed by atoms with Gasteiger partial charge in [0.15, 0.2) is 0 Å². The molecule has 0 bridgehead atoms. The first-order valence-electron chi connectivity index (χ1n) is 7.15. The van der Waals surface area contributed by atoms with Crippen LogP contribution in [0.4, 0.5) is 0 Å². The van der Waals surface area contributed by atoms with Crippen LogP contribution >= 0.6 is 0 Å². The predicted octanol–water partition coefficient (Wildman–Crippen LogP) is 3.81. The molecule has 102 valence electrons. The van der Waals surface area contributed by atoms with Gasteiger partial charge in [-0.2, -0.15) is 0 Å². The van der Waals surface area contributed by atoms with Gasteiger partial charge in [-0.05, 0) is 37.1 Å². The second-order valence-electron chi connectivity index (χ2n) is 5.19. The van der Waals surface area contributed by atoms with Crippen molar-refractivity contribution in [3.8, 4) is 0 Å². The summed E-state index contributed by atoms with van der Waals surface area (Å²) < 4.78 is 0. The average Bonchev–Trinajstić information content (AvgIpc) is 2.80. The molecule has 0 saturated heterocycles. The van der Waals surface area contributed by atoms with Gasteiger partial charge in [-0.25, -0.2) is 0 Å². The van der Waals surface area contributed by atoms with Crippen LogP contribution in [0.3, 0.4) is 0 Å². The highest BCUT2D eigenvalue weighted by Crippen LogP contribution is 2.21. The Kier molecular flexibility index (Phi) is 3.84. The molecule has 0 aliphatic carbocycles. The van der Waals surface area contributed by atoms with Gasteiger partial charge in [0.25, 0.3) is 0 Å². The summed E-state index contributed by atoms with van der Waals surface area (Å²) in [6, 6.07) is 19.1. The molecule has 0 fully saturated rings. The van der Waals surface area contributed by atoms with E-state index < -0.39 is 0 Å². The number of hydrogen-bond donors (Lipinski definition) is 2. The van der Waals surface area contributed by atoms with Crippen molar-refractivity contribution in [1.82, 2.24) is 10.3 Å². The molecule has 3 rings (SSSR count). The normalized spacial score (nSPS) is 11.1. The Morgan fingerprint density at radius 3 is 2.55 bits per heavy atom. The number of rotatable bonds is 5. The van der Waals surface area contributed by atoms with Gasteiger partial charge in [-0.3, -0.25) is 0 Å². The van der Waals surface area contributed by atoms with Crippen molar-refractivity contribution < 1.29 is 0 Å². The maximum atomic E-state index is 3.52. The van der Waals surface area contributed by atoms with Gasteiger partial charge in [0.05, 0.1) is 0 Å². The molecule has 0 aliphatic heterocycles. The Labute approximate surface area is 119 Å². The Hall–Kier alpha value is -2.06. The van der Waals surface area contributed by atoms with E-state index in [4.69, 9.17) is 0 Å². The molecule has 20 heavy (non-hydrogen) atoms. The summed E-state index contributed by atoms with van der Waals surface area (Å²) in [5.41, 5.74) is 5.29. The zero-order chi connectivity index (χ0) is 13.8. The van der Waals surface area contributed by atoms with Crippen LogP contribution in [0.5, 0.6) is 0 Å². The molecule has 0 atom stereocenters. The van der Waals surface area contributed by atoms with Crippen molar-refractivity contribution in [1.29, 1.82) is 0 Å². The lowest BCUT2D eigenvalue weighted by Crippen LogP contribution is -2.16. The molecule has 2 N–H and O–H groups in total. The van der Waals surface area contributed by atoms with Crippen LogP contribution in [0.1, 0.15) is 16.8 Å². The number of aromatic nitrogens is 1. The van der Waals surface area contributed by atoms with Gasteiger partial charge in [-0.1, -0.05) is 48.5 Å². The fourth-order valence-corrected chi connectivity index (χ4v) is 2.70. The van der Waals surface area contributed by atoms with E-state index in [9.17, 15) is 0 Å². The van der Waals surface area contributed by atoms with E-state index in [-0.39, 0.29) is 0 Å². The molecule has 2 nitrogen and oxygen atoms in total. The number of aryl methyl sites for hydroxylation is 1. The van der Waals surface area contributed by atoms with Gasteiger partial charge in [0, 0.05) is 23.1 Å². The number of H-pyrrole nitrogens is 1. The molecule has 0 aliphatic rings. The Morgan fingerprint density at radius 2 is 1.70 bits per heavy atom. The Balaban J connectivity index is 1.61. The van der Waals surface area contributed by atoms with Crippen LogP contribution in [0, 0.1) is 6.92 Å². The molecule has 3 aromatic rings. The molecular formula is C18H20N2. The van der Waals surface area contributed by atoms with E-state index in [2.05, 4.69) is 71.8 Å². The molecule has 0 spiro atoms. The topological polar surface area (TPSA) is 27.8 Å². The molecule has 1 heterocycles. The number of para-hydroxylation sites is 1. The standard InChI is InChI=1S/C18H20N2/c1-14-16(17-9-5-6-10-18(17)20-14)11-12-19-13-15-7-3-2-4-8-15/h2-10,19-20H,11-13H2,1H3. The van der Waals surface area contributed by atoms with Crippen molar-refractivity contribution >= 4 is 10.9 Å². The number of benzene rings is 2. The summed E-state index contributed by atoms with van der Waals surface area (Å²) in [5.74, 6) is 0. The maximum Gasteiger partial charge on any atom is 0.0458 e. The molecule has 0 saturated carbocycles. The van der Waals surface area contributed by atoms with Gasteiger partial charge < -0.3 is 10.3 Å². The average molecular weight is 264 g/mol. The van der Waals surface area contributed by atoms with Gasteiger partial charge in [0.1, 0.15) is 0 Å². The summed E-state index contributed by atoms with van der Waals surface area (Å²) in [6.45, 7) is 4.09. The second kappa shape index (κ2) is 5.93. The maximum absolute atomic E-state index is 3.52. The summed E-state index contributed by atoms with van der Waals surface area (Å²) in [6.07, 6.45) is 1.06. The third-order valence-electron chi connectivity index (χ3n) is 3.75. The van der Waals surface area contributed by atoms with E-state index in [1.165, 1.54) is 27.7 Å². The minimum atomic E-state index is 0.933. The van der Waals surface area contributed by atoms with Crippen LogP contribution in [-0.4, -0.2) is 11.5 Å². The minimum absolute atomic E-state index is 0.933.